The third kappa shape index (κ3) is 3.76. The van der Waals surface area contributed by atoms with Gasteiger partial charge in [0.1, 0.15) is 5.58 Å². The first kappa shape index (κ1) is 17.7. The fraction of sp³-hybridized carbons (Fsp3) is 0.500. The first-order valence-corrected chi connectivity index (χ1v) is 8.91. The maximum absolute atomic E-state index is 12.0. The molecule has 0 N–H and O–H groups in total. The number of esters is 1. The number of carbonyl (C=O) groups excluding carboxylic acids is 1. The molecule has 5 nitrogen and oxygen atoms in total. The number of nitrogens with zero attached hydrogens (tertiary/aromatic N) is 1. The maximum Gasteiger partial charge on any atom is 0.336 e. The van der Waals surface area contributed by atoms with E-state index in [2.05, 4.69) is 11.0 Å². The molecule has 5 heteroatoms. The summed E-state index contributed by atoms with van der Waals surface area (Å²) < 4.78 is 10.6. The van der Waals surface area contributed by atoms with Gasteiger partial charge in [-0.2, -0.15) is 0 Å². The van der Waals surface area contributed by atoms with Crippen LogP contribution >= 0.6 is 0 Å². The van der Waals surface area contributed by atoms with E-state index in [9.17, 15) is 9.59 Å². The number of rotatable bonds is 4. The molecule has 0 bridgehead atoms. The third-order valence-corrected chi connectivity index (χ3v) is 5.12. The second-order valence-corrected chi connectivity index (χ2v) is 6.78. The van der Waals surface area contributed by atoms with E-state index in [1.165, 1.54) is 0 Å². The molecule has 3 rings (SSSR count). The summed E-state index contributed by atoms with van der Waals surface area (Å²) in [6.45, 7) is 8.62. The lowest BCUT2D eigenvalue weighted by Gasteiger charge is -2.31. The van der Waals surface area contributed by atoms with Crippen LogP contribution in [0, 0.1) is 19.8 Å². The molecule has 1 aromatic heterocycles. The van der Waals surface area contributed by atoms with Gasteiger partial charge >= 0.3 is 11.6 Å². The van der Waals surface area contributed by atoms with Crippen molar-refractivity contribution < 1.29 is 13.9 Å². The largest absolute Gasteiger partial charge is 0.466 e. The van der Waals surface area contributed by atoms with Crippen molar-refractivity contribution in [1.82, 2.24) is 4.90 Å². The predicted molar refractivity (Wildman–Crippen MR) is 96.6 cm³/mol. The first-order chi connectivity index (χ1) is 12.0. The summed E-state index contributed by atoms with van der Waals surface area (Å²) in [6.07, 6.45) is 1.60. The number of carbonyl (C=O) groups is 1. The highest BCUT2D eigenvalue weighted by Gasteiger charge is 2.26. The molecular formula is C20H25NO4. The molecule has 1 fully saturated rings. The molecule has 1 aliphatic rings. The molecule has 0 atom stereocenters. The Balaban J connectivity index is 1.77. The van der Waals surface area contributed by atoms with E-state index in [1.54, 1.807) is 6.07 Å². The van der Waals surface area contributed by atoms with E-state index >= 15 is 0 Å². The van der Waals surface area contributed by atoms with Crippen LogP contribution in [0.2, 0.25) is 0 Å². The second-order valence-electron chi connectivity index (χ2n) is 6.78. The Morgan fingerprint density at radius 3 is 2.68 bits per heavy atom. The van der Waals surface area contributed by atoms with E-state index in [1.807, 2.05) is 26.8 Å². The van der Waals surface area contributed by atoms with Crippen molar-refractivity contribution in [3.05, 3.63) is 45.3 Å². The predicted octanol–water partition coefficient (Wildman–Crippen LogP) is 3.18. The van der Waals surface area contributed by atoms with Crippen molar-refractivity contribution in [3.63, 3.8) is 0 Å². The van der Waals surface area contributed by atoms with Crippen LogP contribution in [-0.2, 0) is 16.1 Å². The number of fused-ring (bicyclic) bond motifs is 1. The Bertz CT molecular complexity index is 831. The number of likely N-dealkylation sites (tertiary alicyclic amines) is 1. The summed E-state index contributed by atoms with van der Waals surface area (Å²) in [5.41, 5.74) is 3.49. The summed E-state index contributed by atoms with van der Waals surface area (Å²) in [4.78, 5) is 26.1. The van der Waals surface area contributed by atoms with Crippen molar-refractivity contribution in [3.8, 4) is 0 Å². The zero-order valence-electron chi connectivity index (χ0n) is 15.1. The van der Waals surface area contributed by atoms with Crippen molar-refractivity contribution in [2.24, 2.45) is 5.92 Å². The van der Waals surface area contributed by atoms with E-state index in [0.717, 1.165) is 48.0 Å². The summed E-state index contributed by atoms with van der Waals surface area (Å²) in [6, 6.07) is 5.68. The van der Waals surface area contributed by atoms with Crippen LogP contribution in [0.25, 0.3) is 11.0 Å². The molecule has 1 aliphatic heterocycles. The quantitative estimate of drug-likeness (QED) is 0.630. The van der Waals surface area contributed by atoms with Gasteiger partial charge in [0, 0.05) is 18.0 Å². The SMILES string of the molecule is CCOC(=O)C1CCN(Cc2cc(=O)oc3c(C)c(C)ccc23)CC1. The minimum Gasteiger partial charge on any atom is -0.466 e. The summed E-state index contributed by atoms with van der Waals surface area (Å²) in [7, 11) is 0. The highest BCUT2D eigenvalue weighted by molar-refractivity contribution is 5.83. The molecule has 25 heavy (non-hydrogen) atoms. The lowest BCUT2D eigenvalue weighted by Crippen LogP contribution is -2.36. The molecule has 0 radical (unpaired) electrons. The minimum absolute atomic E-state index is 0.00122. The number of ether oxygens (including phenoxy) is 1. The number of benzene rings is 1. The monoisotopic (exact) mass is 343 g/mol. The van der Waals surface area contributed by atoms with Gasteiger partial charge < -0.3 is 9.15 Å². The standard InChI is InChI=1S/C20H25NO4/c1-4-24-20(23)15-7-9-21(10-8-15)12-16-11-18(22)25-19-14(3)13(2)5-6-17(16)19/h5-6,11,15H,4,7-10,12H2,1-3H3. The fourth-order valence-corrected chi connectivity index (χ4v) is 3.48. The van der Waals surface area contributed by atoms with Gasteiger partial charge in [-0.15, -0.1) is 0 Å². The second kappa shape index (κ2) is 7.40. The zero-order valence-corrected chi connectivity index (χ0v) is 15.1. The normalized spacial score (nSPS) is 16.3. The van der Waals surface area contributed by atoms with Crippen LogP contribution in [0.3, 0.4) is 0 Å². The molecule has 2 heterocycles. The molecule has 2 aromatic rings. The van der Waals surface area contributed by atoms with Crippen molar-refractivity contribution in [2.45, 2.75) is 40.2 Å². The maximum atomic E-state index is 12.0. The van der Waals surface area contributed by atoms with Gasteiger partial charge in [0.25, 0.3) is 0 Å². The molecule has 0 aliphatic carbocycles. The average Bonchev–Trinajstić information content (AvgIpc) is 2.59. The molecule has 0 amide bonds. The van der Waals surface area contributed by atoms with Crippen LogP contribution in [-0.4, -0.2) is 30.6 Å². The molecule has 134 valence electrons. The lowest BCUT2D eigenvalue weighted by atomic mass is 9.96. The first-order valence-electron chi connectivity index (χ1n) is 8.91. The number of hydrogen-bond donors (Lipinski definition) is 0. The van der Waals surface area contributed by atoms with Crippen LogP contribution in [0.4, 0.5) is 0 Å². The van der Waals surface area contributed by atoms with Gasteiger partial charge in [0.05, 0.1) is 12.5 Å². The molecule has 1 saturated heterocycles. The number of hydrogen-bond acceptors (Lipinski definition) is 5. The topological polar surface area (TPSA) is 59.8 Å². The van der Waals surface area contributed by atoms with Gasteiger partial charge in [-0.1, -0.05) is 12.1 Å². The Hall–Kier alpha value is -2.14. The minimum atomic E-state index is -0.308. The Labute approximate surface area is 147 Å². The molecule has 0 spiro atoms. The average molecular weight is 343 g/mol. The molecule has 0 unspecified atom stereocenters. The van der Waals surface area contributed by atoms with Crippen LogP contribution in [0.1, 0.15) is 36.5 Å². The van der Waals surface area contributed by atoms with Crippen molar-refractivity contribution in [1.29, 1.82) is 0 Å². The number of aryl methyl sites for hydroxylation is 2. The highest BCUT2D eigenvalue weighted by Crippen LogP contribution is 2.26. The van der Waals surface area contributed by atoms with Gasteiger partial charge in [0.15, 0.2) is 0 Å². The summed E-state index contributed by atoms with van der Waals surface area (Å²) >= 11 is 0. The van der Waals surface area contributed by atoms with Gasteiger partial charge in [-0.3, -0.25) is 9.69 Å². The third-order valence-electron chi connectivity index (χ3n) is 5.12. The highest BCUT2D eigenvalue weighted by atomic mass is 16.5. The zero-order chi connectivity index (χ0) is 18.0. The molecular weight excluding hydrogens is 318 g/mol. The van der Waals surface area contributed by atoms with Crippen LogP contribution in [0.15, 0.2) is 27.4 Å². The lowest BCUT2D eigenvalue weighted by molar-refractivity contribution is -0.149. The molecule has 1 aromatic carbocycles. The molecule has 0 saturated carbocycles. The summed E-state index contributed by atoms with van der Waals surface area (Å²) in [5, 5.41) is 0.996. The van der Waals surface area contributed by atoms with Crippen molar-refractivity contribution >= 4 is 16.9 Å². The van der Waals surface area contributed by atoms with Gasteiger partial charge in [0.2, 0.25) is 0 Å². The Morgan fingerprint density at radius 1 is 1.28 bits per heavy atom. The number of piperidine rings is 1. The van der Waals surface area contributed by atoms with E-state index < -0.39 is 0 Å². The van der Waals surface area contributed by atoms with Gasteiger partial charge in [-0.25, -0.2) is 4.79 Å². The Morgan fingerprint density at radius 2 is 2.00 bits per heavy atom. The Kier molecular flexibility index (Phi) is 5.23. The fourth-order valence-electron chi connectivity index (χ4n) is 3.48. The van der Waals surface area contributed by atoms with Crippen LogP contribution < -0.4 is 5.63 Å². The van der Waals surface area contributed by atoms with Crippen LogP contribution in [0.5, 0.6) is 0 Å². The van der Waals surface area contributed by atoms with E-state index in [-0.39, 0.29) is 17.5 Å². The van der Waals surface area contributed by atoms with E-state index in [0.29, 0.717) is 18.7 Å². The van der Waals surface area contributed by atoms with E-state index in [4.69, 9.17) is 9.15 Å². The smallest absolute Gasteiger partial charge is 0.336 e. The van der Waals surface area contributed by atoms with Crippen molar-refractivity contribution in [2.75, 3.05) is 19.7 Å². The summed E-state index contributed by atoms with van der Waals surface area (Å²) in [5.74, 6) is -0.0854. The van der Waals surface area contributed by atoms with Gasteiger partial charge in [-0.05, 0) is 63.4 Å².